The number of benzene rings is 1. The lowest BCUT2D eigenvalue weighted by Crippen LogP contribution is -2.20. The molecule has 0 aliphatic rings. The van der Waals surface area contributed by atoms with Gasteiger partial charge in [-0.15, -0.1) is 0 Å². The van der Waals surface area contributed by atoms with Crippen molar-refractivity contribution in [2.24, 2.45) is 5.92 Å². The van der Waals surface area contributed by atoms with Crippen LogP contribution in [-0.4, -0.2) is 17.1 Å². The minimum atomic E-state index is -0.299. The number of carbonyl (C=O) groups is 1. The molecule has 2 rings (SSSR count). The summed E-state index contributed by atoms with van der Waals surface area (Å²) in [5.41, 5.74) is 7.76. The van der Waals surface area contributed by atoms with Crippen molar-refractivity contribution in [1.82, 2.24) is 4.98 Å². The number of rotatable bonds is 3. The van der Waals surface area contributed by atoms with Gasteiger partial charge in [-0.05, 0) is 31.0 Å². The summed E-state index contributed by atoms with van der Waals surface area (Å²) in [7, 11) is 0. The minimum absolute atomic E-state index is 0.101. The summed E-state index contributed by atoms with van der Waals surface area (Å²) in [4.78, 5) is 15.1. The highest BCUT2D eigenvalue weighted by Crippen LogP contribution is 2.22. The Balaban J connectivity index is 2.28. The van der Waals surface area contributed by atoms with Crippen LogP contribution < -0.4 is 5.73 Å². The van der Waals surface area contributed by atoms with Crippen molar-refractivity contribution < 1.29 is 9.53 Å². The van der Waals surface area contributed by atoms with E-state index in [-0.39, 0.29) is 12.1 Å². The molecule has 4 heteroatoms. The number of nitrogens with two attached hydrogens (primary N) is 1. The van der Waals surface area contributed by atoms with E-state index in [0.29, 0.717) is 17.2 Å². The van der Waals surface area contributed by atoms with Crippen molar-refractivity contribution in [3.63, 3.8) is 0 Å². The van der Waals surface area contributed by atoms with E-state index in [1.54, 1.807) is 18.3 Å². The number of nitrogen functional groups attached to an aromatic ring is 1. The Kier molecular flexibility index (Phi) is 3.28. The van der Waals surface area contributed by atoms with Crippen LogP contribution in [0.4, 0.5) is 5.69 Å². The molecule has 1 aromatic carbocycles. The molecule has 0 fully saturated rings. The number of H-pyrrole nitrogens is 1. The van der Waals surface area contributed by atoms with Gasteiger partial charge in [0.2, 0.25) is 0 Å². The maximum Gasteiger partial charge on any atom is 0.340 e. The number of esters is 1. The predicted octanol–water partition coefficient (Wildman–Crippen LogP) is 2.95. The lowest BCUT2D eigenvalue weighted by molar-refractivity contribution is 0.0240. The number of hydrogen-bond donors (Lipinski definition) is 2. The first-order chi connectivity index (χ1) is 8.49. The highest BCUT2D eigenvalue weighted by Gasteiger charge is 2.17. The smallest absolute Gasteiger partial charge is 0.340 e. The molecule has 0 bridgehead atoms. The van der Waals surface area contributed by atoms with Crippen molar-refractivity contribution in [3.05, 3.63) is 30.0 Å². The number of fused-ring (bicyclic) bond motifs is 1. The molecule has 2 aromatic rings. The van der Waals surface area contributed by atoms with Crippen LogP contribution in [0.25, 0.3) is 10.9 Å². The van der Waals surface area contributed by atoms with Crippen LogP contribution in [0, 0.1) is 5.92 Å². The Bertz CT molecular complexity index is 572. The van der Waals surface area contributed by atoms with Crippen LogP contribution in [0.2, 0.25) is 0 Å². The van der Waals surface area contributed by atoms with Crippen LogP contribution in [0.3, 0.4) is 0 Å². The average molecular weight is 246 g/mol. The molecule has 18 heavy (non-hydrogen) atoms. The summed E-state index contributed by atoms with van der Waals surface area (Å²) in [5.74, 6) is 0.00187. The summed E-state index contributed by atoms with van der Waals surface area (Å²) in [6, 6.07) is 5.41. The summed E-state index contributed by atoms with van der Waals surface area (Å²) in [5, 5.41) is 0.838. The number of carbonyl (C=O) groups excluding carboxylic acids is 1. The van der Waals surface area contributed by atoms with Gasteiger partial charge in [0, 0.05) is 22.8 Å². The van der Waals surface area contributed by atoms with Crippen LogP contribution in [0.15, 0.2) is 24.4 Å². The van der Waals surface area contributed by atoms with Crippen LogP contribution in [-0.2, 0) is 4.74 Å². The molecular weight excluding hydrogens is 228 g/mol. The van der Waals surface area contributed by atoms with E-state index in [1.807, 2.05) is 26.8 Å². The molecule has 3 N–H and O–H groups in total. The predicted molar refractivity (Wildman–Crippen MR) is 72.4 cm³/mol. The maximum absolute atomic E-state index is 12.0. The third-order valence-electron chi connectivity index (χ3n) is 3.16. The first kappa shape index (κ1) is 12.5. The number of ether oxygens (including phenoxy) is 1. The summed E-state index contributed by atoms with van der Waals surface area (Å²) in [6.45, 7) is 5.94. The monoisotopic (exact) mass is 246 g/mol. The van der Waals surface area contributed by atoms with E-state index in [4.69, 9.17) is 10.5 Å². The maximum atomic E-state index is 12.0. The summed E-state index contributed by atoms with van der Waals surface area (Å²) >= 11 is 0. The Morgan fingerprint density at radius 1 is 1.33 bits per heavy atom. The van der Waals surface area contributed by atoms with Gasteiger partial charge in [0.05, 0.1) is 5.56 Å². The van der Waals surface area contributed by atoms with Crippen LogP contribution in [0.1, 0.15) is 31.1 Å². The van der Waals surface area contributed by atoms with Crippen molar-refractivity contribution in [2.45, 2.75) is 26.9 Å². The fourth-order valence-electron chi connectivity index (χ4n) is 1.68. The van der Waals surface area contributed by atoms with Gasteiger partial charge in [-0.1, -0.05) is 13.8 Å². The van der Waals surface area contributed by atoms with Gasteiger partial charge in [0.15, 0.2) is 0 Å². The number of aromatic nitrogens is 1. The molecule has 0 saturated heterocycles. The fraction of sp³-hybridized carbons (Fsp3) is 0.357. The van der Waals surface area contributed by atoms with Crippen LogP contribution >= 0.6 is 0 Å². The van der Waals surface area contributed by atoms with E-state index in [0.717, 1.165) is 10.9 Å². The zero-order chi connectivity index (χ0) is 13.3. The minimum Gasteiger partial charge on any atom is -0.459 e. The quantitative estimate of drug-likeness (QED) is 0.646. The Labute approximate surface area is 106 Å². The lowest BCUT2D eigenvalue weighted by atomic mass is 10.1. The van der Waals surface area contributed by atoms with Gasteiger partial charge >= 0.3 is 5.97 Å². The first-order valence-electron chi connectivity index (χ1n) is 6.06. The standard InChI is InChI=1S/C14H18N2O2/c1-8(2)9(3)18-14(17)12-7-16-13-6-10(15)4-5-11(12)13/h4-9,16H,15H2,1-3H3. The molecule has 4 nitrogen and oxygen atoms in total. The normalized spacial score (nSPS) is 12.9. The van der Waals surface area contributed by atoms with E-state index >= 15 is 0 Å². The van der Waals surface area contributed by atoms with Gasteiger partial charge in [0.25, 0.3) is 0 Å². The van der Waals surface area contributed by atoms with E-state index < -0.39 is 0 Å². The largest absolute Gasteiger partial charge is 0.459 e. The van der Waals surface area contributed by atoms with E-state index in [1.165, 1.54) is 0 Å². The zero-order valence-electron chi connectivity index (χ0n) is 10.9. The van der Waals surface area contributed by atoms with E-state index in [2.05, 4.69) is 4.98 Å². The zero-order valence-corrected chi connectivity index (χ0v) is 10.9. The molecule has 1 unspecified atom stereocenters. The molecule has 96 valence electrons. The van der Waals surface area contributed by atoms with Crippen molar-refractivity contribution in [1.29, 1.82) is 0 Å². The Hall–Kier alpha value is -1.97. The molecule has 0 aliphatic heterocycles. The highest BCUT2D eigenvalue weighted by atomic mass is 16.5. The second kappa shape index (κ2) is 4.72. The van der Waals surface area contributed by atoms with Crippen LogP contribution in [0.5, 0.6) is 0 Å². The second-order valence-electron chi connectivity index (χ2n) is 4.86. The number of anilines is 1. The van der Waals surface area contributed by atoms with E-state index in [9.17, 15) is 4.79 Å². The van der Waals surface area contributed by atoms with Crippen molar-refractivity contribution in [2.75, 3.05) is 5.73 Å². The molecule has 0 radical (unpaired) electrons. The highest BCUT2D eigenvalue weighted by molar-refractivity contribution is 6.04. The van der Waals surface area contributed by atoms with Gasteiger partial charge in [-0.3, -0.25) is 0 Å². The number of nitrogens with one attached hydrogen (secondary N) is 1. The molecule has 1 atom stereocenters. The molecule has 1 aromatic heterocycles. The molecule has 1 heterocycles. The average Bonchev–Trinajstić information content (AvgIpc) is 2.71. The lowest BCUT2D eigenvalue weighted by Gasteiger charge is -2.16. The number of hydrogen-bond acceptors (Lipinski definition) is 3. The first-order valence-corrected chi connectivity index (χ1v) is 6.06. The van der Waals surface area contributed by atoms with Gasteiger partial charge in [-0.25, -0.2) is 4.79 Å². The summed E-state index contributed by atoms with van der Waals surface area (Å²) in [6.07, 6.45) is 1.57. The van der Waals surface area contributed by atoms with Crippen molar-refractivity contribution in [3.8, 4) is 0 Å². The van der Waals surface area contributed by atoms with Gasteiger partial charge < -0.3 is 15.5 Å². The molecule has 0 aliphatic carbocycles. The SMILES string of the molecule is CC(C)C(C)OC(=O)c1c[nH]c2cc(N)ccc12. The molecular formula is C14H18N2O2. The third-order valence-corrected chi connectivity index (χ3v) is 3.16. The van der Waals surface area contributed by atoms with Gasteiger partial charge in [0.1, 0.15) is 6.10 Å². The van der Waals surface area contributed by atoms with Crippen molar-refractivity contribution >= 4 is 22.6 Å². The Morgan fingerprint density at radius 3 is 2.72 bits per heavy atom. The summed E-state index contributed by atoms with van der Waals surface area (Å²) < 4.78 is 5.40. The fourth-order valence-corrected chi connectivity index (χ4v) is 1.68. The second-order valence-corrected chi connectivity index (χ2v) is 4.86. The topological polar surface area (TPSA) is 68.1 Å². The Morgan fingerprint density at radius 2 is 2.06 bits per heavy atom. The third kappa shape index (κ3) is 2.32. The molecule has 0 amide bonds. The van der Waals surface area contributed by atoms with Gasteiger partial charge in [-0.2, -0.15) is 0 Å². The molecule has 0 spiro atoms. The number of aromatic amines is 1. The molecule has 0 saturated carbocycles.